The van der Waals surface area contributed by atoms with Gasteiger partial charge in [-0.25, -0.2) is 4.79 Å². The number of rotatable bonds is 3. The van der Waals surface area contributed by atoms with Gasteiger partial charge in [0.25, 0.3) is 0 Å². The fraction of sp³-hybridized carbons (Fsp3) is 0.550. The van der Waals surface area contributed by atoms with Crippen molar-refractivity contribution in [2.75, 3.05) is 20.2 Å². The van der Waals surface area contributed by atoms with E-state index in [4.69, 9.17) is 26.1 Å². The molecular weight excluding hydrogens is 476 g/mol. The molecule has 2 aliphatic rings. The molecule has 190 valence electrons. The quantitative estimate of drug-likeness (QED) is 0.428. The summed E-state index contributed by atoms with van der Waals surface area (Å²) in [5.41, 5.74) is 10.6. The Morgan fingerprint density at radius 3 is 2.12 bits per heavy atom. The third-order valence-corrected chi connectivity index (χ3v) is 5.92. The fourth-order valence-corrected chi connectivity index (χ4v) is 4.33. The predicted octanol–water partition coefficient (Wildman–Crippen LogP) is 2.08. The number of halogens is 6. The number of amides is 1. The molecule has 1 aromatic carbocycles. The summed E-state index contributed by atoms with van der Waals surface area (Å²) in [7, 11) is 1.30. The lowest BCUT2D eigenvalue weighted by Gasteiger charge is -2.27. The number of carbonyl (C=O) groups is 3. The second kappa shape index (κ2) is 9.78. The number of hydrogen-bond donors (Lipinski definition) is 3. The number of carbonyl (C=O) groups excluding carboxylic acids is 2. The van der Waals surface area contributed by atoms with Gasteiger partial charge in [-0.2, -0.15) is 26.3 Å². The van der Waals surface area contributed by atoms with E-state index < -0.39 is 41.2 Å². The molecular formula is C20H23F6N3O5. The molecule has 1 heterocycles. The van der Waals surface area contributed by atoms with Gasteiger partial charge < -0.3 is 26.2 Å². The van der Waals surface area contributed by atoms with E-state index in [-0.39, 0.29) is 30.0 Å². The summed E-state index contributed by atoms with van der Waals surface area (Å²) in [6, 6.07) is 2.97. The number of benzene rings is 1. The first-order chi connectivity index (χ1) is 15.5. The summed E-state index contributed by atoms with van der Waals surface area (Å²) in [4.78, 5) is 35.5. The van der Waals surface area contributed by atoms with E-state index in [0.717, 1.165) is 12.1 Å². The highest BCUT2D eigenvalue weighted by Gasteiger charge is 2.58. The molecule has 1 amide bonds. The molecule has 1 aromatic rings. The Labute approximate surface area is 189 Å². The maximum absolute atomic E-state index is 12.8. The van der Waals surface area contributed by atoms with Crippen molar-refractivity contribution in [1.29, 1.82) is 0 Å². The number of carboxylic acid groups (broad SMARTS) is 1. The number of nitrogens with zero attached hydrogens (tertiary/aromatic N) is 1. The lowest BCUT2D eigenvalue weighted by molar-refractivity contribution is -0.192. The van der Waals surface area contributed by atoms with Crippen LogP contribution in [0.4, 0.5) is 26.3 Å². The van der Waals surface area contributed by atoms with Crippen molar-refractivity contribution < 1.29 is 50.6 Å². The molecule has 4 atom stereocenters. The number of alkyl halides is 6. The van der Waals surface area contributed by atoms with Crippen LogP contribution >= 0.6 is 0 Å². The zero-order valence-electron chi connectivity index (χ0n) is 17.8. The predicted molar refractivity (Wildman–Crippen MR) is 104 cm³/mol. The molecule has 1 saturated heterocycles. The van der Waals surface area contributed by atoms with E-state index >= 15 is 0 Å². The van der Waals surface area contributed by atoms with E-state index in [9.17, 15) is 35.9 Å². The van der Waals surface area contributed by atoms with Gasteiger partial charge in [0, 0.05) is 19.1 Å². The number of methoxy groups -OCH3 is 1. The third kappa shape index (κ3) is 5.78. The number of nitrogens with two attached hydrogens (primary N) is 2. The molecule has 0 spiro atoms. The molecule has 5 N–H and O–H groups in total. The Morgan fingerprint density at radius 1 is 1.15 bits per heavy atom. The van der Waals surface area contributed by atoms with Crippen molar-refractivity contribution >= 4 is 17.8 Å². The lowest BCUT2D eigenvalue weighted by atomic mass is 9.81. The minimum absolute atomic E-state index is 0.108. The summed E-state index contributed by atoms with van der Waals surface area (Å²) in [6.07, 6.45) is -8.50. The normalized spacial score (nSPS) is 25.1. The molecule has 0 bridgehead atoms. The second-order valence-corrected chi connectivity index (χ2v) is 8.16. The van der Waals surface area contributed by atoms with Crippen LogP contribution in [0, 0.1) is 11.3 Å². The van der Waals surface area contributed by atoms with Crippen LogP contribution in [0.3, 0.4) is 0 Å². The Bertz CT molecular complexity index is 921. The van der Waals surface area contributed by atoms with E-state index in [1.807, 2.05) is 0 Å². The molecule has 1 saturated carbocycles. The van der Waals surface area contributed by atoms with Crippen molar-refractivity contribution in [3.8, 4) is 0 Å². The van der Waals surface area contributed by atoms with Gasteiger partial charge in [-0.15, -0.1) is 0 Å². The fourth-order valence-electron chi connectivity index (χ4n) is 4.33. The number of esters is 1. The lowest BCUT2D eigenvalue weighted by Crippen LogP contribution is -2.42. The topological polar surface area (TPSA) is 136 Å². The van der Waals surface area contributed by atoms with Gasteiger partial charge in [-0.1, -0.05) is 12.1 Å². The number of aliphatic carboxylic acids is 1. The van der Waals surface area contributed by atoms with Gasteiger partial charge >= 0.3 is 24.3 Å². The highest BCUT2D eigenvalue weighted by atomic mass is 19.4. The highest BCUT2D eigenvalue weighted by Crippen LogP contribution is 2.49. The third-order valence-electron chi connectivity index (χ3n) is 5.92. The maximum atomic E-state index is 12.8. The molecule has 2 fully saturated rings. The molecule has 34 heavy (non-hydrogen) atoms. The SMILES string of the molecule is COC(=O)[C@]12C[C@H](N)C[C@H]1CN(C(=O)C(N)c1ccc(C(F)(F)F)cc1)C2.O=C(O)C(F)(F)F. The van der Waals surface area contributed by atoms with Gasteiger partial charge in [-0.3, -0.25) is 9.59 Å². The molecule has 1 unspecified atom stereocenters. The first kappa shape index (κ1) is 27.4. The zero-order valence-corrected chi connectivity index (χ0v) is 17.8. The summed E-state index contributed by atoms with van der Waals surface area (Å²) in [5.74, 6) is -3.68. The van der Waals surface area contributed by atoms with Crippen LogP contribution in [-0.2, 0) is 25.3 Å². The number of carboxylic acids is 1. The van der Waals surface area contributed by atoms with Crippen molar-refractivity contribution in [1.82, 2.24) is 4.90 Å². The molecule has 0 aromatic heterocycles. The molecule has 14 heteroatoms. The van der Waals surface area contributed by atoms with Crippen LogP contribution in [0.2, 0.25) is 0 Å². The highest BCUT2D eigenvalue weighted by molar-refractivity contribution is 5.86. The average Bonchev–Trinajstić information content (AvgIpc) is 3.25. The van der Waals surface area contributed by atoms with E-state index in [2.05, 4.69) is 0 Å². The van der Waals surface area contributed by atoms with Crippen LogP contribution in [0.5, 0.6) is 0 Å². The molecule has 0 radical (unpaired) electrons. The van der Waals surface area contributed by atoms with Crippen LogP contribution in [0.1, 0.15) is 30.0 Å². The van der Waals surface area contributed by atoms with E-state index in [1.54, 1.807) is 0 Å². The van der Waals surface area contributed by atoms with Gasteiger partial charge in [-0.05, 0) is 36.5 Å². The Hall–Kier alpha value is -2.87. The Morgan fingerprint density at radius 2 is 1.68 bits per heavy atom. The van der Waals surface area contributed by atoms with Crippen LogP contribution in [-0.4, -0.2) is 60.3 Å². The monoisotopic (exact) mass is 499 g/mol. The Balaban J connectivity index is 0.000000509. The summed E-state index contributed by atoms with van der Waals surface area (Å²) >= 11 is 0. The molecule has 8 nitrogen and oxygen atoms in total. The zero-order chi connectivity index (χ0) is 26.1. The van der Waals surface area contributed by atoms with Crippen molar-refractivity contribution in [2.24, 2.45) is 22.8 Å². The molecule has 1 aliphatic carbocycles. The minimum atomic E-state index is -5.08. The summed E-state index contributed by atoms with van der Waals surface area (Å²) in [6.45, 7) is 0.487. The van der Waals surface area contributed by atoms with Crippen molar-refractivity contribution in [3.63, 3.8) is 0 Å². The van der Waals surface area contributed by atoms with Gasteiger partial charge in [0.2, 0.25) is 5.91 Å². The van der Waals surface area contributed by atoms with Crippen LogP contribution in [0.25, 0.3) is 0 Å². The summed E-state index contributed by atoms with van der Waals surface area (Å²) in [5, 5.41) is 7.12. The average molecular weight is 499 g/mol. The smallest absolute Gasteiger partial charge is 0.475 e. The maximum Gasteiger partial charge on any atom is 0.490 e. The van der Waals surface area contributed by atoms with Crippen LogP contribution < -0.4 is 11.5 Å². The standard InChI is InChI=1S/C18H22F3N3O3.C2HF3O2/c1-27-16(26)17-7-13(22)6-12(17)8-24(9-17)15(25)14(23)10-2-4-11(5-3-10)18(19,20)21;3-2(4,5)1(6)7/h2-5,12-14H,6-9,22-23H2,1H3;(H,6,7)/t12-,13+,14?,17-;/m0./s1. The number of fused-ring (bicyclic) bond motifs is 1. The van der Waals surface area contributed by atoms with Gasteiger partial charge in [0.05, 0.1) is 18.1 Å². The molecule has 3 rings (SSSR count). The first-order valence-corrected chi connectivity index (χ1v) is 9.88. The van der Waals surface area contributed by atoms with E-state index in [0.29, 0.717) is 19.4 Å². The second-order valence-electron chi connectivity index (χ2n) is 8.16. The largest absolute Gasteiger partial charge is 0.490 e. The molecule has 1 aliphatic heterocycles. The van der Waals surface area contributed by atoms with Crippen LogP contribution in [0.15, 0.2) is 24.3 Å². The first-order valence-electron chi connectivity index (χ1n) is 9.88. The Kier molecular flexibility index (Phi) is 7.87. The minimum Gasteiger partial charge on any atom is -0.475 e. The number of likely N-dealkylation sites (tertiary alicyclic amines) is 1. The van der Waals surface area contributed by atoms with E-state index in [1.165, 1.54) is 24.1 Å². The van der Waals surface area contributed by atoms with Gasteiger partial charge in [0.15, 0.2) is 0 Å². The van der Waals surface area contributed by atoms with Gasteiger partial charge in [0.1, 0.15) is 6.04 Å². The van der Waals surface area contributed by atoms with Crippen molar-refractivity contribution in [2.45, 2.75) is 37.3 Å². The summed E-state index contributed by atoms with van der Waals surface area (Å²) < 4.78 is 74.7. The number of ether oxygens (including phenoxy) is 1. The number of hydrogen-bond acceptors (Lipinski definition) is 6. The van der Waals surface area contributed by atoms with Crippen molar-refractivity contribution in [3.05, 3.63) is 35.4 Å².